The van der Waals surface area contributed by atoms with Crippen LogP contribution in [0.4, 0.5) is 5.82 Å². The van der Waals surface area contributed by atoms with Gasteiger partial charge in [0.05, 0.1) is 0 Å². The van der Waals surface area contributed by atoms with Crippen LogP contribution in [0.25, 0.3) is 11.2 Å². The zero-order chi connectivity index (χ0) is 19.3. The average Bonchev–Trinajstić information content (AvgIpc) is 3.23. The molecule has 3 aliphatic rings. The highest BCUT2D eigenvalue weighted by atomic mass is 16.8. The molecule has 28 heavy (non-hydrogen) atoms. The summed E-state index contributed by atoms with van der Waals surface area (Å²) in [5.74, 6) is 0.0807. The standard InChI is InChI=1S/C19H27N5O4/c1-4-5-6-7-8-20-15-12-16(22-10-21-15)24-17-14-13(27-19(2,3)28-14)11(26-17)9-25-18(24)23-12/h10-11,13-14,17H,4-9H2,1-3H3,(H,20,21,22)/t11-,13-,14-,17-/m1/s1. The predicted molar refractivity (Wildman–Crippen MR) is 101 cm³/mol. The van der Waals surface area contributed by atoms with Crippen LogP contribution in [0.3, 0.4) is 0 Å². The molecule has 2 aromatic heterocycles. The van der Waals surface area contributed by atoms with E-state index in [2.05, 4.69) is 27.2 Å². The first-order chi connectivity index (χ1) is 13.6. The van der Waals surface area contributed by atoms with E-state index in [9.17, 15) is 0 Å². The topological polar surface area (TPSA) is 92.6 Å². The van der Waals surface area contributed by atoms with Crippen molar-refractivity contribution in [2.75, 3.05) is 18.5 Å². The fourth-order valence-electron chi connectivity index (χ4n) is 4.27. The summed E-state index contributed by atoms with van der Waals surface area (Å²) >= 11 is 0. The number of hydrogen-bond acceptors (Lipinski definition) is 8. The monoisotopic (exact) mass is 389 g/mol. The molecule has 0 radical (unpaired) electrons. The summed E-state index contributed by atoms with van der Waals surface area (Å²) in [6.45, 7) is 7.28. The van der Waals surface area contributed by atoms with Gasteiger partial charge in [-0.2, -0.15) is 4.98 Å². The van der Waals surface area contributed by atoms with Gasteiger partial charge < -0.3 is 24.3 Å². The quantitative estimate of drug-likeness (QED) is 0.754. The molecule has 2 aromatic rings. The third kappa shape index (κ3) is 2.92. The Labute approximate surface area is 163 Å². The summed E-state index contributed by atoms with van der Waals surface area (Å²) < 4.78 is 26.2. The Morgan fingerprint density at radius 1 is 1.18 bits per heavy atom. The van der Waals surface area contributed by atoms with Gasteiger partial charge in [0.25, 0.3) is 0 Å². The molecule has 1 N–H and O–H groups in total. The molecule has 5 rings (SSSR count). The lowest BCUT2D eigenvalue weighted by Crippen LogP contribution is -2.34. The Balaban J connectivity index is 1.45. The zero-order valence-corrected chi connectivity index (χ0v) is 16.6. The van der Waals surface area contributed by atoms with Crippen molar-refractivity contribution in [2.24, 2.45) is 0 Å². The molecule has 152 valence electrons. The van der Waals surface area contributed by atoms with Crippen molar-refractivity contribution in [1.82, 2.24) is 19.5 Å². The van der Waals surface area contributed by atoms with Gasteiger partial charge in [-0.15, -0.1) is 0 Å². The lowest BCUT2D eigenvalue weighted by Gasteiger charge is -2.22. The van der Waals surface area contributed by atoms with Crippen LogP contribution < -0.4 is 10.1 Å². The maximum Gasteiger partial charge on any atom is 0.301 e. The number of ether oxygens (including phenoxy) is 4. The summed E-state index contributed by atoms with van der Waals surface area (Å²) in [6, 6.07) is 0.490. The minimum atomic E-state index is -0.642. The van der Waals surface area contributed by atoms with Crippen LogP contribution in [0.1, 0.15) is 52.7 Å². The molecular weight excluding hydrogens is 362 g/mol. The molecule has 9 nitrogen and oxygen atoms in total. The van der Waals surface area contributed by atoms with E-state index in [1.165, 1.54) is 19.3 Å². The zero-order valence-electron chi connectivity index (χ0n) is 16.6. The van der Waals surface area contributed by atoms with E-state index in [0.29, 0.717) is 23.8 Å². The minimum absolute atomic E-state index is 0.163. The van der Waals surface area contributed by atoms with E-state index in [1.807, 2.05) is 18.4 Å². The van der Waals surface area contributed by atoms with Crippen molar-refractivity contribution in [1.29, 1.82) is 0 Å². The SMILES string of the molecule is CCCCCCNc1ncnc2c1nc1n2[C@@H]2O[C@H](CO1)[C@H]1OC(C)(C)O[C@H]12. The Morgan fingerprint density at radius 3 is 2.89 bits per heavy atom. The van der Waals surface area contributed by atoms with Gasteiger partial charge in [-0.3, -0.25) is 0 Å². The molecule has 3 aliphatic heterocycles. The third-order valence-corrected chi connectivity index (χ3v) is 5.52. The first kappa shape index (κ1) is 18.1. The molecule has 4 atom stereocenters. The predicted octanol–water partition coefficient (Wildman–Crippen LogP) is 2.63. The van der Waals surface area contributed by atoms with Crippen LogP contribution >= 0.6 is 0 Å². The van der Waals surface area contributed by atoms with Gasteiger partial charge in [-0.1, -0.05) is 26.2 Å². The van der Waals surface area contributed by atoms with Crippen molar-refractivity contribution in [3.63, 3.8) is 0 Å². The normalized spacial score (nSPS) is 30.0. The lowest BCUT2D eigenvalue weighted by atomic mass is 10.1. The molecule has 2 fully saturated rings. The molecule has 2 saturated heterocycles. The van der Waals surface area contributed by atoms with Crippen LogP contribution in [0.2, 0.25) is 0 Å². The van der Waals surface area contributed by atoms with Crippen molar-refractivity contribution < 1.29 is 18.9 Å². The first-order valence-corrected chi connectivity index (χ1v) is 10.2. The number of aromatic nitrogens is 4. The number of unbranched alkanes of at least 4 members (excludes halogenated alkanes) is 3. The maximum atomic E-state index is 6.21. The highest BCUT2D eigenvalue weighted by Gasteiger charge is 2.58. The smallest absolute Gasteiger partial charge is 0.301 e. The number of nitrogens with one attached hydrogen (secondary N) is 1. The fourth-order valence-corrected chi connectivity index (χ4v) is 4.27. The molecule has 0 unspecified atom stereocenters. The number of rotatable bonds is 6. The molecule has 2 bridgehead atoms. The van der Waals surface area contributed by atoms with Gasteiger partial charge in [-0.25, -0.2) is 14.5 Å². The van der Waals surface area contributed by atoms with Crippen LogP contribution in [0, 0.1) is 0 Å². The molecule has 0 aliphatic carbocycles. The molecule has 0 spiro atoms. The number of anilines is 1. The number of nitrogens with zero attached hydrogens (tertiary/aromatic N) is 4. The van der Waals surface area contributed by atoms with E-state index in [-0.39, 0.29) is 24.5 Å². The van der Waals surface area contributed by atoms with E-state index in [0.717, 1.165) is 18.8 Å². The van der Waals surface area contributed by atoms with Crippen LogP contribution in [-0.2, 0) is 14.2 Å². The Bertz CT molecular complexity index is 869. The molecule has 0 saturated carbocycles. The summed E-state index contributed by atoms with van der Waals surface area (Å²) in [6.07, 6.45) is 5.36. The van der Waals surface area contributed by atoms with Gasteiger partial charge >= 0.3 is 6.01 Å². The van der Waals surface area contributed by atoms with E-state index in [4.69, 9.17) is 18.9 Å². The maximum absolute atomic E-state index is 6.21. The van der Waals surface area contributed by atoms with E-state index in [1.54, 1.807) is 6.33 Å². The summed E-state index contributed by atoms with van der Waals surface area (Å²) in [5.41, 5.74) is 1.37. The molecule has 0 amide bonds. The second-order valence-electron chi connectivity index (χ2n) is 8.09. The molecule has 5 heterocycles. The van der Waals surface area contributed by atoms with Crippen LogP contribution in [-0.4, -0.2) is 56.8 Å². The average molecular weight is 389 g/mol. The number of imidazole rings is 1. The second kappa shape index (κ2) is 6.82. The first-order valence-electron chi connectivity index (χ1n) is 10.2. The summed E-state index contributed by atoms with van der Waals surface area (Å²) in [5, 5.41) is 3.39. The van der Waals surface area contributed by atoms with Crippen molar-refractivity contribution in [3.8, 4) is 6.01 Å². The van der Waals surface area contributed by atoms with Gasteiger partial charge in [-0.05, 0) is 20.3 Å². The molecule has 9 heteroatoms. The second-order valence-corrected chi connectivity index (χ2v) is 8.09. The lowest BCUT2D eigenvalue weighted by molar-refractivity contribution is -0.195. The van der Waals surface area contributed by atoms with Gasteiger partial charge in [0.1, 0.15) is 31.2 Å². The highest BCUT2D eigenvalue weighted by molar-refractivity contribution is 5.84. The number of fused-ring (bicyclic) bond motifs is 9. The summed E-state index contributed by atoms with van der Waals surface area (Å²) in [7, 11) is 0. The minimum Gasteiger partial charge on any atom is -0.462 e. The summed E-state index contributed by atoms with van der Waals surface area (Å²) in [4.78, 5) is 13.5. The largest absolute Gasteiger partial charge is 0.462 e. The molecular formula is C19H27N5O4. The van der Waals surface area contributed by atoms with Crippen molar-refractivity contribution in [3.05, 3.63) is 6.33 Å². The van der Waals surface area contributed by atoms with Crippen LogP contribution in [0.15, 0.2) is 6.33 Å². The van der Waals surface area contributed by atoms with Crippen molar-refractivity contribution >= 4 is 17.0 Å². The Kier molecular flexibility index (Phi) is 4.41. The third-order valence-electron chi connectivity index (χ3n) is 5.52. The highest BCUT2D eigenvalue weighted by Crippen LogP contribution is 2.47. The fraction of sp³-hybridized carbons (Fsp3) is 0.737. The molecule has 0 aromatic carbocycles. The Morgan fingerprint density at radius 2 is 2.04 bits per heavy atom. The Hall–Kier alpha value is -1.97. The van der Waals surface area contributed by atoms with Crippen molar-refractivity contribution in [2.45, 2.75) is 76.8 Å². The van der Waals surface area contributed by atoms with Crippen LogP contribution in [0.5, 0.6) is 6.01 Å². The van der Waals surface area contributed by atoms with E-state index < -0.39 is 5.79 Å². The van der Waals surface area contributed by atoms with E-state index >= 15 is 0 Å². The van der Waals surface area contributed by atoms with Gasteiger partial charge in [0.15, 0.2) is 29.0 Å². The number of hydrogen-bond donors (Lipinski definition) is 1. The van der Waals surface area contributed by atoms with Gasteiger partial charge in [0.2, 0.25) is 0 Å². The van der Waals surface area contributed by atoms with Gasteiger partial charge in [0, 0.05) is 6.54 Å².